The lowest BCUT2D eigenvalue weighted by Crippen LogP contribution is -2.29. The molecule has 0 saturated heterocycles. The number of ether oxygens (including phenoxy) is 1. The topological polar surface area (TPSA) is 21.3 Å². The van der Waals surface area contributed by atoms with Crippen LogP contribution in [0.25, 0.3) is 0 Å². The molecule has 0 unspecified atom stereocenters. The highest BCUT2D eigenvalue weighted by Gasteiger charge is 2.44. The second kappa shape index (κ2) is 5.51. The van der Waals surface area contributed by atoms with Crippen LogP contribution in [0.15, 0.2) is 24.3 Å². The van der Waals surface area contributed by atoms with E-state index >= 15 is 0 Å². The summed E-state index contributed by atoms with van der Waals surface area (Å²) in [5.41, 5.74) is 0.107. The predicted molar refractivity (Wildman–Crippen MR) is 67.1 cm³/mol. The van der Waals surface area contributed by atoms with E-state index in [1.807, 2.05) is 0 Å². The van der Waals surface area contributed by atoms with Crippen molar-refractivity contribution in [1.29, 1.82) is 0 Å². The summed E-state index contributed by atoms with van der Waals surface area (Å²) in [7, 11) is 1.63. The molecule has 0 radical (unpaired) electrons. The molecule has 106 valence electrons. The Balaban J connectivity index is 2.05. The van der Waals surface area contributed by atoms with E-state index in [2.05, 4.69) is 5.32 Å². The van der Waals surface area contributed by atoms with Crippen LogP contribution in [-0.4, -0.2) is 26.8 Å². The van der Waals surface area contributed by atoms with Gasteiger partial charge in [-0.2, -0.15) is 13.2 Å². The van der Waals surface area contributed by atoms with Crippen LogP contribution in [0.2, 0.25) is 0 Å². The van der Waals surface area contributed by atoms with Crippen molar-refractivity contribution in [2.24, 2.45) is 0 Å². The van der Waals surface area contributed by atoms with Crippen molar-refractivity contribution >= 4 is 0 Å². The number of alkyl halides is 3. The fraction of sp³-hybridized carbons (Fsp3) is 0.571. The summed E-state index contributed by atoms with van der Waals surface area (Å²) < 4.78 is 43.0. The maximum absolute atomic E-state index is 12.7. The third-order valence-electron chi connectivity index (χ3n) is 3.60. The van der Waals surface area contributed by atoms with Gasteiger partial charge in [-0.15, -0.1) is 0 Å². The summed E-state index contributed by atoms with van der Waals surface area (Å²) in [4.78, 5) is 0. The molecule has 0 heterocycles. The average molecular weight is 273 g/mol. The number of hydrogen-bond acceptors (Lipinski definition) is 2. The van der Waals surface area contributed by atoms with E-state index in [0.717, 1.165) is 31.0 Å². The van der Waals surface area contributed by atoms with Gasteiger partial charge >= 0.3 is 6.18 Å². The van der Waals surface area contributed by atoms with Crippen LogP contribution < -0.4 is 5.32 Å². The molecule has 0 atom stereocenters. The molecule has 1 aromatic carbocycles. The van der Waals surface area contributed by atoms with Crippen LogP contribution in [0.5, 0.6) is 0 Å². The Kier molecular flexibility index (Phi) is 4.16. The fourth-order valence-corrected chi connectivity index (χ4v) is 2.25. The summed E-state index contributed by atoms with van der Waals surface area (Å²) in [6.45, 7) is 2.04. The van der Waals surface area contributed by atoms with Crippen LogP contribution in [0.1, 0.15) is 24.0 Å². The molecule has 19 heavy (non-hydrogen) atoms. The lowest BCUT2D eigenvalue weighted by Gasteiger charge is -2.18. The Morgan fingerprint density at radius 3 is 2.63 bits per heavy atom. The molecule has 2 nitrogen and oxygen atoms in total. The molecule has 5 heteroatoms. The number of benzene rings is 1. The molecular weight excluding hydrogens is 255 g/mol. The van der Waals surface area contributed by atoms with E-state index < -0.39 is 11.7 Å². The van der Waals surface area contributed by atoms with Gasteiger partial charge in [0.25, 0.3) is 0 Å². The monoisotopic (exact) mass is 273 g/mol. The van der Waals surface area contributed by atoms with Gasteiger partial charge in [0.15, 0.2) is 0 Å². The summed E-state index contributed by atoms with van der Waals surface area (Å²) in [5.74, 6) is 0. The van der Waals surface area contributed by atoms with E-state index in [1.54, 1.807) is 13.2 Å². The average Bonchev–Trinajstić information content (AvgIpc) is 3.15. The zero-order valence-corrected chi connectivity index (χ0v) is 10.9. The van der Waals surface area contributed by atoms with Crippen LogP contribution in [0.3, 0.4) is 0 Å². The highest BCUT2D eigenvalue weighted by molar-refractivity contribution is 5.36. The van der Waals surface area contributed by atoms with E-state index in [1.165, 1.54) is 12.1 Å². The molecule has 1 aliphatic carbocycles. The highest BCUT2D eigenvalue weighted by Crippen LogP contribution is 2.48. The molecule has 1 fully saturated rings. The molecule has 0 spiro atoms. The molecule has 0 aromatic heterocycles. The zero-order chi connectivity index (χ0) is 13.9. The van der Waals surface area contributed by atoms with Crippen molar-refractivity contribution in [3.8, 4) is 0 Å². The molecule has 1 saturated carbocycles. The third-order valence-corrected chi connectivity index (χ3v) is 3.60. The summed E-state index contributed by atoms with van der Waals surface area (Å²) in [6, 6.07) is 5.69. The van der Waals surface area contributed by atoms with Crippen LogP contribution in [0, 0.1) is 0 Å². The third kappa shape index (κ3) is 3.48. The first-order chi connectivity index (χ1) is 8.98. The first-order valence-corrected chi connectivity index (χ1v) is 6.35. The van der Waals surface area contributed by atoms with Crippen molar-refractivity contribution in [3.63, 3.8) is 0 Å². The van der Waals surface area contributed by atoms with Gasteiger partial charge in [-0.25, -0.2) is 0 Å². The van der Waals surface area contributed by atoms with Crippen LogP contribution >= 0.6 is 0 Å². The van der Waals surface area contributed by atoms with Gasteiger partial charge in [-0.05, 0) is 24.5 Å². The minimum absolute atomic E-state index is 0.116. The van der Waals surface area contributed by atoms with E-state index in [9.17, 15) is 13.2 Å². The summed E-state index contributed by atoms with van der Waals surface area (Å²) >= 11 is 0. The second-order valence-corrected chi connectivity index (χ2v) is 5.03. The Morgan fingerprint density at radius 1 is 1.32 bits per heavy atom. The van der Waals surface area contributed by atoms with Crippen molar-refractivity contribution < 1.29 is 17.9 Å². The van der Waals surface area contributed by atoms with Crippen LogP contribution in [0.4, 0.5) is 13.2 Å². The van der Waals surface area contributed by atoms with Gasteiger partial charge < -0.3 is 10.1 Å². The lowest BCUT2D eigenvalue weighted by molar-refractivity contribution is -0.137. The SMILES string of the molecule is COCCNCC1(c2cccc(C(F)(F)F)c2)CC1. The predicted octanol–water partition coefficient (Wildman–Crippen LogP) is 2.97. The van der Waals surface area contributed by atoms with Gasteiger partial charge in [0.1, 0.15) is 0 Å². The van der Waals surface area contributed by atoms with Gasteiger partial charge in [0, 0.05) is 25.6 Å². The lowest BCUT2D eigenvalue weighted by atomic mass is 9.94. The molecular formula is C14H18F3NO. The van der Waals surface area contributed by atoms with E-state index in [-0.39, 0.29) is 5.41 Å². The molecule has 1 N–H and O–H groups in total. The van der Waals surface area contributed by atoms with E-state index in [4.69, 9.17) is 4.74 Å². The fourth-order valence-electron chi connectivity index (χ4n) is 2.25. The number of hydrogen-bond donors (Lipinski definition) is 1. The summed E-state index contributed by atoms with van der Waals surface area (Å²) in [6.07, 6.45) is -2.39. The number of nitrogens with one attached hydrogen (secondary N) is 1. The summed E-state index contributed by atoms with van der Waals surface area (Å²) in [5, 5.41) is 3.24. The quantitative estimate of drug-likeness (QED) is 0.805. The van der Waals surface area contributed by atoms with E-state index in [0.29, 0.717) is 13.2 Å². The number of rotatable bonds is 6. The second-order valence-electron chi connectivity index (χ2n) is 5.03. The normalized spacial score (nSPS) is 17.5. The van der Waals surface area contributed by atoms with Gasteiger partial charge in [0.2, 0.25) is 0 Å². The van der Waals surface area contributed by atoms with Crippen molar-refractivity contribution in [2.75, 3.05) is 26.8 Å². The first kappa shape index (κ1) is 14.3. The number of methoxy groups -OCH3 is 1. The Labute approximate surface area is 111 Å². The maximum Gasteiger partial charge on any atom is 0.416 e. The van der Waals surface area contributed by atoms with Crippen LogP contribution in [-0.2, 0) is 16.3 Å². The van der Waals surface area contributed by atoms with Crippen molar-refractivity contribution in [3.05, 3.63) is 35.4 Å². The highest BCUT2D eigenvalue weighted by atomic mass is 19.4. The zero-order valence-electron chi connectivity index (χ0n) is 10.9. The van der Waals surface area contributed by atoms with Crippen molar-refractivity contribution in [1.82, 2.24) is 5.32 Å². The Hall–Kier alpha value is -1.07. The smallest absolute Gasteiger partial charge is 0.383 e. The molecule has 0 bridgehead atoms. The molecule has 0 amide bonds. The molecule has 0 aliphatic heterocycles. The first-order valence-electron chi connectivity index (χ1n) is 6.35. The minimum Gasteiger partial charge on any atom is -0.383 e. The minimum atomic E-state index is -4.27. The maximum atomic E-state index is 12.7. The van der Waals surface area contributed by atoms with Gasteiger partial charge in [-0.3, -0.25) is 0 Å². The Bertz CT molecular complexity index is 427. The van der Waals surface area contributed by atoms with Gasteiger partial charge in [0.05, 0.1) is 12.2 Å². The molecule has 1 aliphatic rings. The Morgan fingerprint density at radius 2 is 2.05 bits per heavy atom. The molecule has 1 aromatic rings. The standard InChI is InChI=1S/C14H18F3NO/c1-19-8-7-18-10-13(5-6-13)11-3-2-4-12(9-11)14(15,16)17/h2-4,9,18H,5-8,10H2,1H3. The largest absolute Gasteiger partial charge is 0.416 e. The van der Waals surface area contributed by atoms with Crippen molar-refractivity contribution in [2.45, 2.75) is 24.4 Å². The van der Waals surface area contributed by atoms with Gasteiger partial charge in [-0.1, -0.05) is 18.2 Å². The number of halogens is 3. The molecule has 2 rings (SSSR count).